The molecule has 7 heteroatoms. The Kier molecular flexibility index (Phi) is 3.12. The van der Waals surface area contributed by atoms with E-state index in [2.05, 4.69) is 10.3 Å². The average Bonchev–Trinajstić information content (AvgIpc) is 2.89. The molecule has 0 bridgehead atoms. The molecule has 2 aromatic rings. The van der Waals surface area contributed by atoms with Crippen molar-refractivity contribution in [2.75, 3.05) is 17.3 Å². The third-order valence-corrected chi connectivity index (χ3v) is 2.92. The second-order valence-electron chi connectivity index (χ2n) is 2.80. The van der Waals surface area contributed by atoms with Crippen LogP contribution in [-0.4, -0.2) is 18.4 Å². The predicted molar refractivity (Wildman–Crippen MR) is 63.6 cm³/mol. The van der Waals surface area contributed by atoms with E-state index in [-0.39, 0.29) is 0 Å². The zero-order valence-corrected chi connectivity index (χ0v) is 9.88. The van der Waals surface area contributed by atoms with Crippen LogP contribution in [0.1, 0.15) is 0 Å². The van der Waals surface area contributed by atoms with Gasteiger partial charge in [-0.3, -0.25) is 4.79 Å². The average molecular weight is 258 g/mol. The largest absolute Gasteiger partial charge is 0.423 e. The highest BCUT2D eigenvalue weighted by Gasteiger charge is 2.17. The number of anilines is 3. The number of thiazole rings is 1. The second-order valence-corrected chi connectivity index (χ2v) is 4.08. The van der Waals surface area contributed by atoms with Gasteiger partial charge in [-0.1, -0.05) is 11.6 Å². The number of rotatable bonds is 4. The third kappa shape index (κ3) is 1.89. The molecule has 0 aromatic carbocycles. The number of furan rings is 1. The summed E-state index contributed by atoms with van der Waals surface area (Å²) in [5.41, 5.74) is 0. The van der Waals surface area contributed by atoms with Crippen molar-refractivity contribution in [3.05, 3.63) is 22.7 Å². The Morgan fingerprint density at radius 2 is 2.50 bits per heavy atom. The second kappa shape index (κ2) is 4.54. The minimum atomic E-state index is 0.333. The molecule has 0 aliphatic carbocycles. The van der Waals surface area contributed by atoms with E-state index in [0.29, 0.717) is 28.3 Å². The number of nitrogens with zero attached hydrogens (tertiary/aromatic N) is 2. The fourth-order valence-electron chi connectivity index (χ4n) is 1.17. The van der Waals surface area contributed by atoms with Gasteiger partial charge in [0.1, 0.15) is 5.02 Å². The molecule has 0 aliphatic heterocycles. The van der Waals surface area contributed by atoms with E-state index in [9.17, 15) is 4.79 Å². The van der Waals surface area contributed by atoms with Gasteiger partial charge >= 0.3 is 0 Å². The summed E-state index contributed by atoms with van der Waals surface area (Å²) in [6.45, 7) is 0. The van der Waals surface area contributed by atoms with Crippen LogP contribution < -0.4 is 10.2 Å². The smallest absolute Gasteiger partial charge is 0.222 e. The van der Waals surface area contributed by atoms with Crippen LogP contribution in [0.25, 0.3) is 0 Å². The highest BCUT2D eigenvalue weighted by atomic mass is 35.5. The van der Waals surface area contributed by atoms with Crippen molar-refractivity contribution >= 4 is 46.2 Å². The first-order valence-corrected chi connectivity index (χ1v) is 5.63. The summed E-state index contributed by atoms with van der Waals surface area (Å²) in [6, 6.07) is 1.56. The van der Waals surface area contributed by atoms with Crippen LogP contribution in [-0.2, 0) is 4.79 Å². The molecule has 0 unspecified atom stereocenters. The molecule has 2 rings (SSSR count). The minimum absolute atomic E-state index is 0.333. The molecule has 0 radical (unpaired) electrons. The van der Waals surface area contributed by atoms with Crippen molar-refractivity contribution in [3.63, 3.8) is 0 Å². The number of halogens is 1. The van der Waals surface area contributed by atoms with Crippen molar-refractivity contribution in [1.82, 2.24) is 4.98 Å². The van der Waals surface area contributed by atoms with Gasteiger partial charge in [0.2, 0.25) is 18.2 Å². The lowest BCUT2D eigenvalue weighted by molar-refractivity contribution is -0.107. The van der Waals surface area contributed by atoms with E-state index in [4.69, 9.17) is 16.0 Å². The summed E-state index contributed by atoms with van der Waals surface area (Å²) in [4.78, 5) is 16.3. The quantitative estimate of drug-likeness (QED) is 0.856. The summed E-state index contributed by atoms with van der Waals surface area (Å²) in [7, 11) is 1.68. The maximum atomic E-state index is 11.0. The number of carbonyl (C=O) groups excluding carboxylic acids is 1. The SMILES string of the molecule is CNc1oc(N(C=O)c2nccs2)cc1Cl. The van der Waals surface area contributed by atoms with Crippen LogP contribution in [0, 0.1) is 0 Å². The Morgan fingerprint density at radius 3 is 3.00 bits per heavy atom. The minimum Gasteiger partial charge on any atom is -0.423 e. The number of nitrogens with one attached hydrogen (secondary N) is 1. The normalized spacial score (nSPS) is 10.1. The first-order chi connectivity index (χ1) is 7.76. The van der Waals surface area contributed by atoms with Crippen molar-refractivity contribution in [3.8, 4) is 0 Å². The molecule has 1 amide bonds. The predicted octanol–water partition coefficient (Wildman–Crippen LogP) is 2.73. The summed E-state index contributed by atoms with van der Waals surface area (Å²) in [5, 5.41) is 5.50. The lowest BCUT2D eigenvalue weighted by Gasteiger charge is -2.08. The third-order valence-electron chi connectivity index (χ3n) is 1.87. The summed E-state index contributed by atoms with van der Waals surface area (Å²) < 4.78 is 5.36. The zero-order valence-electron chi connectivity index (χ0n) is 8.31. The Balaban J connectivity index is 2.37. The zero-order chi connectivity index (χ0) is 11.5. The summed E-state index contributed by atoms with van der Waals surface area (Å²) in [6.07, 6.45) is 2.24. The lowest BCUT2D eigenvalue weighted by atomic mass is 10.5. The molecule has 0 saturated heterocycles. The van der Waals surface area contributed by atoms with Gasteiger partial charge < -0.3 is 9.73 Å². The van der Waals surface area contributed by atoms with Gasteiger partial charge in [0.15, 0.2) is 5.13 Å². The van der Waals surface area contributed by atoms with Gasteiger partial charge in [0.05, 0.1) is 0 Å². The molecule has 84 valence electrons. The number of hydrogen-bond donors (Lipinski definition) is 1. The molecule has 2 aromatic heterocycles. The fourth-order valence-corrected chi connectivity index (χ4v) is 2.01. The Hall–Kier alpha value is -1.53. The van der Waals surface area contributed by atoms with E-state index in [1.165, 1.54) is 16.2 Å². The van der Waals surface area contributed by atoms with Crippen LogP contribution in [0.4, 0.5) is 16.9 Å². The van der Waals surface area contributed by atoms with Crippen LogP contribution in [0.15, 0.2) is 22.1 Å². The number of aromatic nitrogens is 1. The van der Waals surface area contributed by atoms with Crippen LogP contribution in [0.5, 0.6) is 0 Å². The van der Waals surface area contributed by atoms with Gasteiger partial charge in [0.25, 0.3) is 0 Å². The van der Waals surface area contributed by atoms with Crippen molar-refractivity contribution in [1.29, 1.82) is 0 Å². The van der Waals surface area contributed by atoms with Crippen LogP contribution in [0.2, 0.25) is 5.02 Å². The molecule has 1 N–H and O–H groups in total. The van der Waals surface area contributed by atoms with Gasteiger partial charge in [-0.25, -0.2) is 9.88 Å². The van der Waals surface area contributed by atoms with Crippen LogP contribution in [0.3, 0.4) is 0 Å². The first-order valence-electron chi connectivity index (χ1n) is 4.37. The number of hydrogen-bond acceptors (Lipinski definition) is 5. The van der Waals surface area contributed by atoms with E-state index in [0.717, 1.165) is 0 Å². The van der Waals surface area contributed by atoms with E-state index >= 15 is 0 Å². The monoisotopic (exact) mass is 257 g/mol. The van der Waals surface area contributed by atoms with Crippen molar-refractivity contribution in [2.45, 2.75) is 0 Å². The standard InChI is InChI=1S/C9H8ClN3O2S/c1-11-8-6(10)4-7(15-8)13(5-14)9-12-2-3-16-9/h2-5,11H,1H3. The topological polar surface area (TPSA) is 58.4 Å². The molecule has 16 heavy (non-hydrogen) atoms. The van der Waals surface area contributed by atoms with Gasteiger partial charge in [-0.2, -0.15) is 0 Å². The maximum absolute atomic E-state index is 11.0. The van der Waals surface area contributed by atoms with Gasteiger partial charge in [-0.05, 0) is 0 Å². The molecular weight excluding hydrogens is 250 g/mol. The van der Waals surface area contributed by atoms with E-state index < -0.39 is 0 Å². The molecule has 0 fully saturated rings. The molecule has 0 saturated carbocycles. The molecule has 0 atom stereocenters. The first kappa shape index (κ1) is 11.0. The molecule has 2 heterocycles. The Morgan fingerprint density at radius 1 is 1.69 bits per heavy atom. The summed E-state index contributed by atoms with van der Waals surface area (Å²) >= 11 is 7.22. The van der Waals surface area contributed by atoms with Gasteiger partial charge in [-0.15, -0.1) is 11.3 Å². The molecule has 0 aliphatic rings. The molecule has 0 spiro atoms. The van der Waals surface area contributed by atoms with Crippen LogP contribution >= 0.6 is 22.9 Å². The van der Waals surface area contributed by atoms with E-state index in [1.54, 1.807) is 24.7 Å². The van der Waals surface area contributed by atoms with Crippen molar-refractivity contribution in [2.24, 2.45) is 0 Å². The highest BCUT2D eigenvalue weighted by Crippen LogP contribution is 2.34. The lowest BCUT2D eigenvalue weighted by Crippen LogP contribution is -2.12. The summed E-state index contributed by atoms with van der Waals surface area (Å²) in [5.74, 6) is 0.749. The molecular formula is C9H8ClN3O2S. The highest BCUT2D eigenvalue weighted by molar-refractivity contribution is 7.13. The van der Waals surface area contributed by atoms with Crippen molar-refractivity contribution < 1.29 is 9.21 Å². The Labute approximate surface area is 101 Å². The Bertz CT molecular complexity index is 483. The van der Waals surface area contributed by atoms with E-state index in [1.807, 2.05) is 0 Å². The number of amides is 1. The number of carbonyl (C=O) groups is 1. The molecule has 5 nitrogen and oxygen atoms in total. The fraction of sp³-hybridized carbons (Fsp3) is 0.111. The maximum Gasteiger partial charge on any atom is 0.222 e. The van der Waals surface area contributed by atoms with Gasteiger partial charge in [0, 0.05) is 24.7 Å².